The van der Waals surface area contributed by atoms with E-state index in [0.29, 0.717) is 26.4 Å². The maximum absolute atomic E-state index is 12.0. The molecule has 0 atom stereocenters. The predicted octanol–water partition coefficient (Wildman–Crippen LogP) is 4.16. The lowest BCUT2D eigenvalue weighted by atomic mass is 10.2. The van der Waals surface area contributed by atoms with E-state index in [1.807, 2.05) is 0 Å². The van der Waals surface area contributed by atoms with Gasteiger partial charge in [-0.15, -0.1) is 11.3 Å². The van der Waals surface area contributed by atoms with Crippen molar-refractivity contribution in [2.45, 2.75) is 0 Å². The van der Waals surface area contributed by atoms with Crippen LogP contribution in [0, 0.1) is 0 Å². The zero-order valence-corrected chi connectivity index (χ0v) is 13.3. The molecule has 1 aromatic carbocycles. The third-order valence-corrected chi connectivity index (χ3v) is 4.05. The summed E-state index contributed by atoms with van der Waals surface area (Å²) in [5, 5.41) is 6.02. The van der Waals surface area contributed by atoms with Gasteiger partial charge in [-0.05, 0) is 18.2 Å². The Hall–Kier alpha value is -2.02. The van der Waals surface area contributed by atoms with Gasteiger partial charge in [-0.25, -0.2) is 9.97 Å². The lowest BCUT2D eigenvalue weighted by Crippen LogP contribution is -2.13. The quantitative estimate of drug-likeness (QED) is 0.769. The highest BCUT2D eigenvalue weighted by Crippen LogP contribution is 2.32. The van der Waals surface area contributed by atoms with Crippen LogP contribution in [0.5, 0.6) is 0 Å². The number of thiazole rings is 1. The van der Waals surface area contributed by atoms with Crippen LogP contribution in [0.1, 0.15) is 10.5 Å². The van der Waals surface area contributed by atoms with Gasteiger partial charge in [0.1, 0.15) is 5.69 Å². The van der Waals surface area contributed by atoms with E-state index in [1.165, 1.54) is 29.9 Å². The summed E-state index contributed by atoms with van der Waals surface area (Å²) >= 11 is 13.4. The molecule has 0 spiro atoms. The number of nitrogens with one attached hydrogen (secondary N) is 1. The molecule has 0 saturated heterocycles. The van der Waals surface area contributed by atoms with Crippen molar-refractivity contribution in [2.75, 3.05) is 5.32 Å². The second kappa shape index (κ2) is 6.39. The number of aromatic nitrogens is 3. The number of nitrogens with zero attached hydrogens (tertiary/aromatic N) is 3. The fraction of sp³-hybridized carbons (Fsp3) is 0. The minimum atomic E-state index is -0.369. The van der Waals surface area contributed by atoms with Gasteiger partial charge >= 0.3 is 0 Å². The number of rotatable bonds is 3. The average Bonchev–Trinajstić information content (AvgIpc) is 2.99. The molecule has 1 amide bonds. The van der Waals surface area contributed by atoms with E-state index in [1.54, 1.807) is 23.6 Å². The molecule has 0 aliphatic rings. The summed E-state index contributed by atoms with van der Waals surface area (Å²) in [6.45, 7) is 0. The lowest BCUT2D eigenvalue weighted by molar-refractivity contribution is 0.102. The zero-order valence-electron chi connectivity index (χ0n) is 11.0. The summed E-state index contributed by atoms with van der Waals surface area (Å²) in [7, 11) is 0. The monoisotopic (exact) mass is 350 g/mol. The standard InChI is InChI=1S/C14H8Cl2N4OS/c15-8-1-2-10(16)9(5-8)12-7-22-14(19-12)20-13(21)11-6-17-3-4-18-11/h1-7H,(H,19,20,21). The molecule has 2 heterocycles. The highest BCUT2D eigenvalue weighted by atomic mass is 35.5. The fourth-order valence-electron chi connectivity index (χ4n) is 1.73. The second-order valence-corrected chi connectivity index (χ2v) is 5.91. The Kier molecular flexibility index (Phi) is 4.33. The number of halogens is 2. The van der Waals surface area contributed by atoms with E-state index in [0.717, 1.165) is 0 Å². The molecule has 2 aromatic heterocycles. The zero-order chi connectivity index (χ0) is 15.5. The molecule has 22 heavy (non-hydrogen) atoms. The first kappa shape index (κ1) is 14.9. The van der Waals surface area contributed by atoms with E-state index in [4.69, 9.17) is 23.2 Å². The number of benzene rings is 1. The van der Waals surface area contributed by atoms with Crippen LogP contribution in [0.25, 0.3) is 11.3 Å². The van der Waals surface area contributed by atoms with Crippen LogP contribution in [0.15, 0.2) is 42.2 Å². The minimum absolute atomic E-state index is 0.222. The molecule has 1 N–H and O–H groups in total. The Morgan fingerprint density at radius 1 is 1.23 bits per heavy atom. The van der Waals surface area contributed by atoms with Crippen molar-refractivity contribution in [2.24, 2.45) is 0 Å². The molecule has 8 heteroatoms. The molecule has 110 valence electrons. The first-order valence-electron chi connectivity index (χ1n) is 6.12. The summed E-state index contributed by atoms with van der Waals surface area (Å²) in [5.41, 5.74) is 1.58. The van der Waals surface area contributed by atoms with Crippen LogP contribution in [-0.4, -0.2) is 20.9 Å². The first-order valence-corrected chi connectivity index (χ1v) is 7.75. The van der Waals surface area contributed by atoms with Gasteiger partial charge in [0, 0.05) is 28.4 Å². The fourth-order valence-corrected chi connectivity index (χ4v) is 2.82. The molecule has 0 fully saturated rings. The molecule has 0 bridgehead atoms. The average molecular weight is 351 g/mol. The van der Waals surface area contributed by atoms with Crippen molar-refractivity contribution in [1.29, 1.82) is 0 Å². The van der Waals surface area contributed by atoms with Crippen molar-refractivity contribution >= 4 is 45.6 Å². The van der Waals surface area contributed by atoms with Crippen LogP contribution in [0.4, 0.5) is 5.13 Å². The molecule has 0 aliphatic heterocycles. The van der Waals surface area contributed by atoms with Gasteiger partial charge < -0.3 is 0 Å². The molecule has 0 aliphatic carbocycles. The Bertz CT molecular complexity index is 823. The van der Waals surface area contributed by atoms with Crippen LogP contribution >= 0.6 is 34.5 Å². The van der Waals surface area contributed by atoms with Crippen LogP contribution in [-0.2, 0) is 0 Å². The Labute approximate surface area is 140 Å². The highest BCUT2D eigenvalue weighted by Gasteiger charge is 2.12. The van der Waals surface area contributed by atoms with Gasteiger partial charge in [0.2, 0.25) is 0 Å². The SMILES string of the molecule is O=C(Nc1nc(-c2cc(Cl)ccc2Cl)cs1)c1cnccn1. The molecule has 5 nitrogen and oxygen atoms in total. The van der Waals surface area contributed by atoms with E-state index in [2.05, 4.69) is 20.3 Å². The number of carbonyl (C=O) groups is 1. The van der Waals surface area contributed by atoms with Gasteiger partial charge in [-0.1, -0.05) is 23.2 Å². The van der Waals surface area contributed by atoms with Crippen molar-refractivity contribution in [3.63, 3.8) is 0 Å². The number of hydrogen-bond donors (Lipinski definition) is 1. The van der Waals surface area contributed by atoms with Crippen molar-refractivity contribution in [1.82, 2.24) is 15.0 Å². The van der Waals surface area contributed by atoms with Crippen molar-refractivity contribution in [3.05, 3.63) is 57.9 Å². The molecule has 3 rings (SSSR count). The number of amides is 1. The molecular formula is C14H8Cl2N4OS. The van der Waals surface area contributed by atoms with Crippen molar-refractivity contribution < 1.29 is 4.79 Å². The third-order valence-electron chi connectivity index (χ3n) is 2.72. The summed E-state index contributed by atoms with van der Waals surface area (Å²) in [6.07, 6.45) is 4.34. The normalized spacial score (nSPS) is 10.5. The maximum atomic E-state index is 12.0. The van der Waals surface area contributed by atoms with Crippen LogP contribution < -0.4 is 5.32 Å². The van der Waals surface area contributed by atoms with Gasteiger partial charge in [0.05, 0.1) is 16.9 Å². The summed E-state index contributed by atoms with van der Waals surface area (Å²) in [6, 6.07) is 5.14. The van der Waals surface area contributed by atoms with Crippen LogP contribution in [0.2, 0.25) is 10.0 Å². The molecule has 0 unspecified atom stereocenters. The highest BCUT2D eigenvalue weighted by molar-refractivity contribution is 7.14. The first-order chi connectivity index (χ1) is 10.6. The number of carbonyl (C=O) groups excluding carboxylic acids is 1. The summed E-state index contributed by atoms with van der Waals surface area (Å²) in [5.74, 6) is -0.369. The smallest absolute Gasteiger partial charge is 0.277 e. The lowest BCUT2D eigenvalue weighted by Gasteiger charge is -2.02. The number of hydrogen-bond acceptors (Lipinski definition) is 5. The van der Waals surface area contributed by atoms with Gasteiger partial charge in [-0.3, -0.25) is 15.1 Å². The second-order valence-electron chi connectivity index (χ2n) is 4.21. The van der Waals surface area contributed by atoms with E-state index in [-0.39, 0.29) is 11.6 Å². The largest absolute Gasteiger partial charge is 0.296 e. The van der Waals surface area contributed by atoms with E-state index >= 15 is 0 Å². The molecule has 3 aromatic rings. The molecular weight excluding hydrogens is 343 g/mol. The minimum Gasteiger partial charge on any atom is -0.296 e. The van der Waals surface area contributed by atoms with E-state index < -0.39 is 0 Å². The Morgan fingerprint density at radius 3 is 2.86 bits per heavy atom. The molecule has 0 saturated carbocycles. The van der Waals surface area contributed by atoms with Gasteiger partial charge in [0.25, 0.3) is 5.91 Å². The van der Waals surface area contributed by atoms with Gasteiger partial charge in [-0.2, -0.15) is 0 Å². The Balaban J connectivity index is 1.82. The maximum Gasteiger partial charge on any atom is 0.277 e. The van der Waals surface area contributed by atoms with E-state index in [9.17, 15) is 4.79 Å². The van der Waals surface area contributed by atoms with Gasteiger partial charge in [0.15, 0.2) is 5.13 Å². The van der Waals surface area contributed by atoms with Crippen molar-refractivity contribution in [3.8, 4) is 11.3 Å². The number of anilines is 1. The Morgan fingerprint density at radius 2 is 2.09 bits per heavy atom. The molecule has 0 radical (unpaired) electrons. The predicted molar refractivity (Wildman–Crippen MR) is 87.6 cm³/mol. The topological polar surface area (TPSA) is 67.8 Å². The summed E-state index contributed by atoms with van der Waals surface area (Å²) in [4.78, 5) is 24.1. The van der Waals surface area contributed by atoms with Crippen LogP contribution in [0.3, 0.4) is 0 Å². The summed E-state index contributed by atoms with van der Waals surface area (Å²) < 4.78 is 0. The third kappa shape index (κ3) is 3.24.